The van der Waals surface area contributed by atoms with E-state index in [4.69, 9.17) is 0 Å². The highest BCUT2D eigenvalue weighted by atomic mass is 16.1. The maximum absolute atomic E-state index is 11.2. The van der Waals surface area contributed by atoms with Crippen LogP contribution >= 0.6 is 0 Å². The normalized spacial score (nSPS) is 11.6. The molecule has 1 aliphatic carbocycles. The van der Waals surface area contributed by atoms with E-state index in [1.165, 1.54) is 5.56 Å². The molecule has 0 aliphatic heterocycles. The van der Waals surface area contributed by atoms with E-state index in [0.29, 0.717) is 17.3 Å². The first-order valence-electron chi connectivity index (χ1n) is 9.37. The number of hydrogen-bond donors (Lipinski definition) is 0. The summed E-state index contributed by atoms with van der Waals surface area (Å²) in [6.07, 6.45) is 3.40. The van der Waals surface area contributed by atoms with Crippen LogP contribution in [0.3, 0.4) is 0 Å². The first kappa shape index (κ1) is 19.0. The molecule has 0 N–H and O–H groups in total. The van der Waals surface area contributed by atoms with Crippen molar-refractivity contribution in [2.45, 2.75) is 59.3 Å². The topological polar surface area (TPSA) is 58.9 Å². The van der Waals surface area contributed by atoms with E-state index in [9.17, 15) is 9.59 Å². The van der Waals surface area contributed by atoms with Crippen LogP contribution in [0.1, 0.15) is 76.0 Å². The molecule has 0 fully saturated rings. The van der Waals surface area contributed by atoms with Gasteiger partial charge in [-0.15, -0.1) is 0 Å². The van der Waals surface area contributed by atoms with Gasteiger partial charge in [0.05, 0.1) is 11.4 Å². The van der Waals surface area contributed by atoms with Crippen molar-refractivity contribution in [2.24, 2.45) is 9.98 Å². The van der Waals surface area contributed by atoms with E-state index in [2.05, 4.69) is 55.9 Å². The van der Waals surface area contributed by atoms with Crippen molar-refractivity contribution >= 4 is 23.5 Å². The van der Waals surface area contributed by atoms with Crippen molar-refractivity contribution in [1.82, 2.24) is 0 Å². The highest BCUT2D eigenvalue weighted by Crippen LogP contribution is 2.60. The number of isocyanates is 2. The smallest absolute Gasteiger partial charge is 0.211 e. The molecule has 0 bridgehead atoms. The largest absolute Gasteiger partial charge is 0.240 e. The average Bonchev–Trinajstić information content (AvgIpc) is 2.58. The fraction of sp³-hybridized carbons (Fsp3) is 0.391. The van der Waals surface area contributed by atoms with Crippen LogP contribution in [-0.2, 0) is 9.59 Å². The Balaban J connectivity index is 2.49. The highest BCUT2D eigenvalue weighted by molar-refractivity contribution is 6.12. The van der Waals surface area contributed by atoms with Crippen molar-refractivity contribution in [3.05, 3.63) is 34.9 Å². The van der Waals surface area contributed by atoms with E-state index in [1.807, 2.05) is 13.8 Å². The molecule has 0 saturated carbocycles. The van der Waals surface area contributed by atoms with Crippen molar-refractivity contribution < 1.29 is 9.59 Å². The number of fused-ring (bicyclic) bond motifs is 4. The lowest BCUT2D eigenvalue weighted by Gasteiger charge is -2.33. The van der Waals surface area contributed by atoms with E-state index in [1.54, 1.807) is 12.2 Å². The zero-order valence-electron chi connectivity index (χ0n) is 16.7. The molecule has 0 unspecified atom stereocenters. The van der Waals surface area contributed by atoms with E-state index >= 15 is 0 Å². The molecule has 0 amide bonds. The van der Waals surface area contributed by atoms with Crippen molar-refractivity contribution in [1.29, 1.82) is 0 Å². The second-order valence-corrected chi connectivity index (χ2v) is 7.95. The Hall–Kier alpha value is -2.80. The molecule has 0 saturated heterocycles. The fourth-order valence-electron chi connectivity index (χ4n) is 4.03. The second kappa shape index (κ2) is 7.08. The minimum Gasteiger partial charge on any atom is -0.211 e. The van der Waals surface area contributed by atoms with Crippen LogP contribution in [0.2, 0.25) is 0 Å². The summed E-state index contributed by atoms with van der Waals surface area (Å²) in [6.45, 7) is 12.5. The summed E-state index contributed by atoms with van der Waals surface area (Å²) in [4.78, 5) is 30.5. The minimum atomic E-state index is 0.0472. The number of rotatable bonds is 5. The second-order valence-electron chi connectivity index (χ2n) is 7.95. The molecule has 138 valence electrons. The van der Waals surface area contributed by atoms with Crippen LogP contribution in [0.4, 0.5) is 11.4 Å². The molecule has 0 heterocycles. The van der Waals surface area contributed by atoms with Gasteiger partial charge in [0.2, 0.25) is 12.2 Å². The number of nitrogens with zero attached hydrogens (tertiary/aromatic N) is 2. The Morgan fingerprint density at radius 3 is 1.81 bits per heavy atom. The molecule has 1 aliphatic rings. The highest BCUT2D eigenvalue weighted by Gasteiger charge is 2.35. The van der Waals surface area contributed by atoms with Gasteiger partial charge in [0, 0.05) is 11.1 Å². The number of carbonyl (C=O) groups excluding carboxylic acids is 2. The zero-order valence-corrected chi connectivity index (χ0v) is 16.7. The third-order valence-electron chi connectivity index (χ3n) is 5.24. The Morgan fingerprint density at radius 1 is 0.704 bits per heavy atom. The van der Waals surface area contributed by atoms with Crippen molar-refractivity contribution in [3.63, 3.8) is 0 Å². The molecular formula is C23H24N2O2. The maximum Gasteiger partial charge on any atom is 0.240 e. The first-order valence-corrected chi connectivity index (χ1v) is 9.37. The average molecular weight is 360 g/mol. The summed E-state index contributed by atoms with van der Waals surface area (Å²) in [6, 6.07) is 6.43. The SMILES string of the molecule is CC(C)c1ccc2c(c1)-c1c-2c(N=C=O)c(C(C)C)c(N=C=O)c1C(C)C. The fourth-order valence-corrected chi connectivity index (χ4v) is 4.03. The minimum absolute atomic E-state index is 0.0472. The molecule has 0 aromatic heterocycles. The predicted octanol–water partition coefficient (Wildman–Crippen LogP) is 6.64. The van der Waals surface area contributed by atoms with E-state index in [0.717, 1.165) is 33.4 Å². The van der Waals surface area contributed by atoms with Crippen LogP contribution in [0.15, 0.2) is 28.2 Å². The molecule has 3 rings (SSSR count). The lowest BCUT2D eigenvalue weighted by atomic mass is 9.71. The molecular weight excluding hydrogens is 336 g/mol. The molecule has 0 atom stereocenters. The molecule has 0 radical (unpaired) electrons. The van der Waals surface area contributed by atoms with Gasteiger partial charge in [-0.25, -0.2) is 9.59 Å². The molecule has 27 heavy (non-hydrogen) atoms. The van der Waals surface area contributed by atoms with Gasteiger partial charge < -0.3 is 0 Å². The van der Waals surface area contributed by atoms with Crippen LogP contribution in [0.25, 0.3) is 22.3 Å². The molecule has 4 nitrogen and oxygen atoms in total. The molecule has 0 spiro atoms. The van der Waals surface area contributed by atoms with Crippen LogP contribution in [-0.4, -0.2) is 12.2 Å². The van der Waals surface area contributed by atoms with Crippen LogP contribution < -0.4 is 0 Å². The summed E-state index contributed by atoms with van der Waals surface area (Å²) in [5.41, 5.74) is 8.52. The summed E-state index contributed by atoms with van der Waals surface area (Å²) in [5, 5.41) is 0. The number of aliphatic imine (C=N–C) groups is 2. The third kappa shape index (κ3) is 2.88. The van der Waals surface area contributed by atoms with Gasteiger partial charge in [-0.3, -0.25) is 0 Å². The molecule has 2 aromatic carbocycles. The number of benzene rings is 2. The Bertz CT molecular complexity index is 1020. The van der Waals surface area contributed by atoms with Crippen LogP contribution in [0, 0.1) is 0 Å². The van der Waals surface area contributed by atoms with E-state index < -0.39 is 0 Å². The van der Waals surface area contributed by atoms with Crippen molar-refractivity contribution in [2.75, 3.05) is 0 Å². The summed E-state index contributed by atoms with van der Waals surface area (Å²) < 4.78 is 0. The lowest BCUT2D eigenvalue weighted by molar-refractivity contribution is 0.564. The maximum atomic E-state index is 11.2. The van der Waals surface area contributed by atoms with E-state index in [-0.39, 0.29) is 11.8 Å². The van der Waals surface area contributed by atoms with Gasteiger partial charge in [-0.05, 0) is 45.6 Å². The quantitative estimate of drug-likeness (QED) is 0.378. The first-order chi connectivity index (χ1) is 12.8. The standard InChI is InChI=1S/C23H24N2O2/c1-12(2)15-7-8-16-17(9-15)20-18(13(3)4)22(24-10-26)19(14(5)6)23(21(16)20)25-11-27/h7-9,12-14H,1-6H3. The van der Waals surface area contributed by atoms with Gasteiger partial charge in [0.25, 0.3) is 0 Å². The Labute approximate surface area is 160 Å². The zero-order chi connectivity index (χ0) is 19.9. The Kier molecular flexibility index (Phi) is 4.97. The summed E-state index contributed by atoms with van der Waals surface area (Å²) in [7, 11) is 0. The van der Waals surface area contributed by atoms with Gasteiger partial charge >= 0.3 is 0 Å². The van der Waals surface area contributed by atoms with Crippen LogP contribution in [0.5, 0.6) is 0 Å². The van der Waals surface area contributed by atoms with Gasteiger partial charge in [0.15, 0.2) is 0 Å². The third-order valence-corrected chi connectivity index (χ3v) is 5.24. The molecule has 2 aromatic rings. The number of hydrogen-bond acceptors (Lipinski definition) is 4. The summed E-state index contributed by atoms with van der Waals surface area (Å²) >= 11 is 0. The Morgan fingerprint density at radius 2 is 1.30 bits per heavy atom. The van der Waals surface area contributed by atoms with Gasteiger partial charge in [-0.2, -0.15) is 9.98 Å². The van der Waals surface area contributed by atoms with Crippen molar-refractivity contribution in [3.8, 4) is 22.3 Å². The summed E-state index contributed by atoms with van der Waals surface area (Å²) in [5.74, 6) is 0.621. The van der Waals surface area contributed by atoms with Gasteiger partial charge in [-0.1, -0.05) is 59.7 Å². The lowest BCUT2D eigenvalue weighted by Crippen LogP contribution is -2.10. The molecule has 4 heteroatoms. The van der Waals surface area contributed by atoms with Gasteiger partial charge in [0.1, 0.15) is 0 Å². The monoisotopic (exact) mass is 360 g/mol. The predicted molar refractivity (Wildman–Crippen MR) is 109 cm³/mol.